The van der Waals surface area contributed by atoms with E-state index in [2.05, 4.69) is 5.32 Å². The van der Waals surface area contributed by atoms with Gasteiger partial charge >= 0.3 is 0 Å². The van der Waals surface area contributed by atoms with Gasteiger partial charge in [-0.15, -0.1) is 0 Å². The number of nitrogens with one attached hydrogen (secondary N) is 1. The molecule has 4 rings (SSSR count). The predicted molar refractivity (Wildman–Crippen MR) is 97.6 cm³/mol. The summed E-state index contributed by atoms with van der Waals surface area (Å²) in [6.45, 7) is 0. The van der Waals surface area contributed by atoms with E-state index in [1.165, 1.54) is 12.1 Å². The van der Waals surface area contributed by atoms with Gasteiger partial charge in [0.1, 0.15) is 5.82 Å². The fourth-order valence-corrected chi connectivity index (χ4v) is 3.36. The molecular weight excluding hydrogens is 331 g/mol. The van der Waals surface area contributed by atoms with Gasteiger partial charge in [-0.05, 0) is 49.1 Å². The van der Waals surface area contributed by atoms with Crippen molar-refractivity contribution in [1.29, 1.82) is 0 Å². The van der Waals surface area contributed by atoms with E-state index in [0.29, 0.717) is 11.3 Å². The summed E-state index contributed by atoms with van der Waals surface area (Å²) in [5, 5.41) is 3.04. The van der Waals surface area contributed by atoms with Crippen molar-refractivity contribution in [3.63, 3.8) is 0 Å². The molecule has 0 aromatic heterocycles. The number of hydrogen-bond acceptors (Lipinski definition) is 2. The lowest BCUT2D eigenvalue weighted by Gasteiger charge is -2.20. The molecule has 0 saturated heterocycles. The minimum absolute atomic E-state index is 0.0467. The summed E-state index contributed by atoms with van der Waals surface area (Å²) in [7, 11) is 1.73. The van der Waals surface area contributed by atoms with Gasteiger partial charge in [0.05, 0.1) is 11.3 Å². The second-order valence-electron chi connectivity index (χ2n) is 7.16. The SMILES string of the molecule is CN(C(=O)C1CC1)c1ccccc1C(=O)NC1CC1c1ccc(F)cc1. The standard InChI is InChI=1S/C21H21FN2O2/c1-24(21(26)14-6-7-14)19-5-3-2-4-16(19)20(25)23-18-12-17(18)13-8-10-15(22)11-9-13/h2-5,8-11,14,17-18H,6-7,12H2,1H3,(H,23,25). The number of carbonyl (C=O) groups excluding carboxylic acids is 2. The van der Waals surface area contributed by atoms with Crippen molar-refractivity contribution >= 4 is 17.5 Å². The Morgan fingerprint density at radius 1 is 1.08 bits per heavy atom. The molecule has 2 aromatic rings. The van der Waals surface area contributed by atoms with E-state index in [1.54, 1.807) is 42.3 Å². The Labute approximate surface area is 152 Å². The van der Waals surface area contributed by atoms with Gasteiger partial charge in [0.25, 0.3) is 5.91 Å². The Kier molecular flexibility index (Phi) is 4.23. The van der Waals surface area contributed by atoms with Crippen LogP contribution in [0.4, 0.5) is 10.1 Å². The van der Waals surface area contributed by atoms with E-state index in [0.717, 1.165) is 24.8 Å². The van der Waals surface area contributed by atoms with E-state index in [1.807, 2.05) is 6.07 Å². The first kappa shape index (κ1) is 16.8. The Morgan fingerprint density at radius 2 is 1.77 bits per heavy atom. The molecule has 0 heterocycles. The van der Waals surface area contributed by atoms with Crippen LogP contribution in [0.3, 0.4) is 0 Å². The molecule has 4 nitrogen and oxygen atoms in total. The van der Waals surface area contributed by atoms with Crippen LogP contribution in [0.15, 0.2) is 48.5 Å². The van der Waals surface area contributed by atoms with Gasteiger partial charge in [-0.1, -0.05) is 24.3 Å². The third kappa shape index (κ3) is 3.34. The summed E-state index contributed by atoms with van der Waals surface area (Å²) in [5.41, 5.74) is 2.18. The lowest BCUT2D eigenvalue weighted by molar-refractivity contribution is -0.119. The quantitative estimate of drug-likeness (QED) is 0.896. The minimum Gasteiger partial charge on any atom is -0.349 e. The topological polar surface area (TPSA) is 49.4 Å². The number of halogens is 1. The zero-order valence-corrected chi connectivity index (χ0v) is 14.6. The number of rotatable bonds is 5. The zero-order valence-electron chi connectivity index (χ0n) is 14.6. The van der Waals surface area contributed by atoms with Crippen molar-refractivity contribution in [3.05, 3.63) is 65.5 Å². The monoisotopic (exact) mass is 352 g/mol. The smallest absolute Gasteiger partial charge is 0.253 e. The molecule has 2 fully saturated rings. The molecule has 2 unspecified atom stereocenters. The Morgan fingerprint density at radius 3 is 2.46 bits per heavy atom. The maximum absolute atomic E-state index is 13.0. The average molecular weight is 352 g/mol. The summed E-state index contributed by atoms with van der Waals surface area (Å²) in [5.74, 6) is -0.0428. The fraction of sp³-hybridized carbons (Fsp3) is 0.333. The third-order valence-corrected chi connectivity index (χ3v) is 5.17. The fourth-order valence-electron chi connectivity index (χ4n) is 3.36. The summed E-state index contributed by atoms with van der Waals surface area (Å²) < 4.78 is 13.0. The van der Waals surface area contributed by atoms with Crippen molar-refractivity contribution in [3.8, 4) is 0 Å². The number of nitrogens with zero attached hydrogens (tertiary/aromatic N) is 1. The average Bonchev–Trinajstić information content (AvgIpc) is 3.56. The summed E-state index contributed by atoms with van der Waals surface area (Å²) in [6.07, 6.45) is 2.70. The van der Waals surface area contributed by atoms with Crippen LogP contribution >= 0.6 is 0 Å². The number of carbonyl (C=O) groups is 2. The molecule has 1 N–H and O–H groups in total. The van der Waals surface area contributed by atoms with Gasteiger partial charge in [-0.2, -0.15) is 0 Å². The van der Waals surface area contributed by atoms with Crippen molar-refractivity contribution in [2.45, 2.75) is 31.2 Å². The van der Waals surface area contributed by atoms with Gasteiger partial charge in [0.2, 0.25) is 5.91 Å². The molecule has 2 atom stereocenters. The highest BCUT2D eigenvalue weighted by Crippen LogP contribution is 2.41. The normalized spacial score (nSPS) is 21.2. The maximum Gasteiger partial charge on any atom is 0.253 e. The minimum atomic E-state index is -0.257. The lowest BCUT2D eigenvalue weighted by atomic mass is 10.1. The molecule has 26 heavy (non-hydrogen) atoms. The van der Waals surface area contributed by atoms with Crippen LogP contribution in [-0.2, 0) is 4.79 Å². The lowest BCUT2D eigenvalue weighted by Crippen LogP contribution is -2.32. The first-order valence-corrected chi connectivity index (χ1v) is 8.97. The van der Waals surface area contributed by atoms with Crippen LogP contribution in [0.25, 0.3) is 0 Å². The molecule has 5 heteroatoms. The van der Waals surface area contributed by atoms with Crippen LogP contribution < -0.4 is 10.2 Å². The molecule has 2 aliphatic rings. The van der Waals surface area contributed by atoms with Crippen LogP contribution in [0.5, 0.6) is 0 Å². The number of hydrogen-bond donors (Lipinski definition) is 1. The summed E-state index contributed by atoms with van der Waals surface area (Å²) in [4.78, 5) is 26.7. The first-order chi connectivity index (χ1) is 12.5. The highest BCUT2D eigenvalue weighted by Gasteiger charge is 2.40. The van der Waals surface area contributed by atoms with E-state index in [4.69, 9.17) is 0 Å². The van der Waals surface area contributed by atoms with Crippen molar-refractivity contribution < 1.29 is 14.0 Å². The number of para-hydroxylation sites is 1. The van der Waals surface area contributed by atoms with Crippen LogP contribution in [0.2, 0.25) is 0 Å². The molecule has 0 bridgehead atoms. The van der Waals surface area contributed by atoms with Gasteiger partial charge in [-0.3, -0.25) is 9.59 Å². The van der Waals surface area contributed by atoms with Gasteiger partial charge < -0.3 is 10.2 Å². The largest absolute Gasteiger partial charge is 0.349 e. The number of anilines is 1. The van der Waals surface area contributed by atoms with Crippen LogP contribution in [0.1, 0.15) is 41.1 Å². The second-order valence-corrected chi connectivity index (χ2v) is 7.16. The molecule has 0 radical (unpaired) electrons. The molecule has 2 aliphatic carbocycles. The molecule has 0 spiro atoms. The van der Waals surface area contributed by atoms with E-state index in [-0.39, 0.29) is 35.5 Å². The Balaban J connectivity index is 1.46. The number of amides is 2. The van der Waals surface area contributed by atoms with Gasteiger partial charge in [0, 0.05) is 24.9 Å². The van der Waals surface area contributed by atoms with Gasteiger partial charge in [-0.25, -0.2) is 4.39 Å². The summed E-state index contributed by atoms with van der Waals surface area (Å²) >= 11 is 0. The van der Waals surface area contributed by atoms with Gasteiger partial charge in [0.15, 0.2) is 0 Å². The molecule has 2 amide bonds. The summed E-state index contributed by atoms with van der Waals surface area (Å²) in [6, 6.07) is 13.7. The molecule has 2 saturated carbocycles. The third-order valence-electron chi connectivity index (χ3n) is 5.17. The van der Waals surface area contributed by atoms with E-state index in [9.17, 15) is 14.0 Å². The molecule has 134 valence electrons. The first-order valence-electron chi connectivity index (χ1n) is 8.97. The molecule has 2 aromatic carbocycles. The Bertz CT molecular complexity index is 845. The maximum atomic E-state index is 13.0. The number of benzene rings is 2. The van der Waals surface area contributed by atoms with Crippen molar-refractivity contribution in [2.75, 3.05) is 11.9 Å². The highest BCUT2D eigenvalue weighted by molar-refractivity contribution is 6.05. The van der Waals surface area contributed by atoms with Crippen LogP contribution in [-0.4, -0.2) is 24.9 Å². The highest BCUT2D eigenvalue weighted by atomic mass is 19.1. The van der Waals surface area contributed by atoms with E-state index >= 15 is 0 Å². The molecular formula is C21H21FN2O2. The van der Waals surface area contributed by atoms with Crippen molar-refractivity contribution in [2.24, 2.45) is 5.92 Å². The van der Waals surface area contributed by atoms with Crippen LogP contribution in [0, 0.1) is 11.7 Å². The predicted octanol–water partition coefficient (Wildman–Crippen LogP) is 3.48. The zero-order chi connectivity index (χ0) is 18.3. The van der Waals surface area contributed by atoms with E-state index < -0.39 is 0 Å². The molecule has 0 aliphatic heterocycles. The Hall–Kier alpha value is -2.69. The van der Waals surface area contributed by atoms with Crippen molar-refractivity contribution in [1.82, 2.24) is 5.32 Å². The second kappa shape index (κ2) is 6.56.